The molecule has 0 saturated carbocycles. The molecule has 20 heavy (non-hydrogen) atoms. The van der Waals surface area contributed by atoms with Gasteiger partial charge in [0.25, 0.3) is 0 Å². The van der Waals surface area contributed by atoms with Gasteiger partial charge < -0.3 is 10.6 Å². The fourth-order valence-corrected chi connectivity index (χ4v) is 2.60. The second-order valence-corrected chi connectivity index (χ2v) is 5.96. The SMILES string of the molecule is Brc1ccc(-c2cnc(NCC3CCNC3)nc2)cc1. The number of nitrogens with zero attached hydrogens (tertiary/aromatic N) is 2. The fraction of sp³-hybridized carbons (Fsp3) is 0.333. The minimum atomic E-state index is 0.685. The summed E-state index contributed by atoms with van der Waals surface area (Å²) in [6, 6.07) is 8.16. The number of nitrogens with one attached hydrogen (secondary N) is 2. The molecule has 0 amide bonds. The minimum absolute atomic E-state index is 0.685. The van der Waals surface area contributed by atoms with Gasteiger partial charge in [-0.2, -0.15) is 0 Å². The lowest BCUT2D eigenvalue weighted by molar-refractivity contribution is 0.613. The van der Waals surface area contributed by atoms with Crippen LogP contribution in [0, 0.1) is 5.92 Å². The van der Waals surface area contributed by atoms with E-state index in [9.17, 15) is 0 Å². The van der Waals surface area contributed by atoms with Gasteiger partial charge in [0.05, 0.1) is 0 Å². The third kappa shape index (κ3) is 3.35. The van der Waals surface area contributed by atoms with Crippen molar-refractivity contribution in [2.75, 3.05) is 25.0 Å². The Bertz CT molecular complexity index is 547. The molecule has 1 aliphatic rings. The zero-order valence-corrected chi connectivity index (χ0v) is 12.7. The van der Waals surface area contributed by atoms with Gasteiger partial charge in [0.1, 0.15) is 0 Å². The Kier molecular flexibility index (Phi) is 4.28. The summed E-state index contributed by atoms with van der Waals surface area (Å²) in [5.74, 6) is 1.39. The van der Waals surface area contributed by atoms with Crippen molar-refractivity contribution in [2.45, 2.75) is 6.42 Å². The molecule has 2 heterocycles. The van der Waals surface area contributed by atoms with Crippen LogP contribution in [0.4, 0.5) is 5.95 Å². The molecule has 3 rings (SSSR count). The van der Waals surface area contributed by atoms with Crippen molar-refractivity contribution in [2.24, 2.45) is 5.92 Å². The van der Waals surface area contributed by atoms with E-state index in [-0.39, 0.29) is 0 Å². The monoisotopic (exact) mass is 332 g/mol. The van der Waals surface area contributed by atoms with Crippen LogP contribution in [-0.4, -0.2) is 29.6 Å². The Balaban J connectivity index is 1.63. The van der Waals surface area contributed by atoms with Crippen molar-refractivity contribution < 1.29 is 0 Å². The van der Waals surface area contributed by atoms with Gasteiger partial charge in [-0.15, -0.1) is 0 Å². The molecule has 0 spiro atoms. The van der Waals surface area contributed by atoms with Gasteiger partial charge in [-0.1, -0.05) is 28.1 Å². The third-order valence-corrected chi connectivity index (χ3v) is 4.07. The van der Waals surface area contributed by atoms with Crippen molar-refractivity contribution in [1.29, 1.82) is 0 Å². The van der Waals surface area contributed by atoms with E-state index < -0.39 is 0 Å². The molecule has 0 aliphatic carbocycles. The van der Waals surface area contributed by atoms with E-state index in [1.807, 2.05) is 24.5 Å². The predicted molar refractivity (Wildman–Crippen MR) is 84.6 cm³/mol. The number of rotatable bonds is 4. The molecule has 4 nitrogen and oxygen atoms in total. The summed E-state index contributed by atoms with van der Waals surface area (Å²) in [5.41, 5.74) is 2.16. The molecule has 104 valence electrons. The van der Waals surface area contributed by atoms with E-state index in [1.165, 1.54) is 6.42 Å². The first-order chi connectivity index (χ1) is 9.81. The first-order valence-electron chi connectivity index (χ1n) is 6.84. The quantitative estimate of drug-likeness (QED) is 0.903. The highest BCUT2D eigenvalue weighted by atomic mass is 79.9. The van der Waals surface area contributed by atoms with E-state index in [0.29, 0.717) is 11.9 Å². The Labute approximate surface area is 127 Å². The van der Waals surface area contributed by atoms with Crippen LogP contribution in [0.25, 0.3) is 11.1 Å². The number of benzene rings is 1. The lowest BCUT2D eigenvalue weighted by Gasteiger charge is -2.10. The maximum atomic E-state index is 4.38. The molecule has 1 aliphatic heterocycles. The van der Waals surface area contributed by atoms with Crippen molar-refractivity contribution in [3.05, 3.63) is 41.1 Å². The molecule has 0 radical (unpaired) electrons. The summed E-state index contributed by atoms with van der Waals surface area (Å²) < 4.78 is 1.07. The maximum Gasteiger partial charge on any atom is 0.222 e. The second kappa shape index (κ2) is 6.33. The molecule has 1 unspecified atom stereocenters. The first kappa shape index (κ1) is 13.5. The van der Waals surface area contributed by atoms with Crippen molar-refractivity contribution in [3.8, 4) is 11.1 Å². The van der Waals surface area contributed by atoms with Gasteiger partial charge in [0.2, 0.25) is 5.95 Å². The summed E-state index contributed by atoms with van der Waals surface area (Å²) in [5, 5.41) is 6.66. The largest absolute Gasteiger partial charge is 0.354 e. The van der Waals surface area contributed by atoms with E-state index in [1.54, 1.807) is 0 Å². The van der Waals surface area contributed by atoms with E-state index in [0.717, 1.165) is 35.2 Å². The Morgan fingerprint density at radius 3 is 2.55 bits per heavy atom. The highest BCUT2D eigenvalue weighted by Gasteiger charge is 2.14. The Morgan fingerprint density at radius 2 is 1.90 bits per heavy atom. The second-order valence-electron chi connectivity index (χ2n) is 5.04. The summed E-state index contributed by atoms with van der Waals surface area (Å²) in [6.07, 6.45) is 4.96. The Morgan fingerprint density at radius 1 is 1.15 bits per heavy atom. The van der Waals surface area contributed by atoms with Gasteiger partial charge in [0.15, 0.2) is 0 Å². The highest BCUT2D eigenvalue weighted by molar-refractivity contribution is 9.10. The molecule has 1 fully saturated rings. The number of aromatic nitrogens is 2. The standard InChI is InChI=1S/C15H17BrN4/c16-14-3-1-12(2-4-14)13-9-19-15(20-10-13)18-8-11-5-6-17-7-11/h1-4,9-11,17H,5-8H2,(H,18,19,20). The lowest BCUT2D eigenvalue weighted by Crippen LogP contribution is -2.18. The van der Waals surface area contributed by atoms with Crippen LogP contribution in [0.15, 0.2) is 41.1 Å². The number of hydrogen-bond acceptors (Lipinski definition) is 4. The van der Waals surface area contributed by atoms with Crippen molar-refractivity contribution in [3.63, 3.8) is 0 Å². The minimum Gasteiger partial charge on any atom is -0.354 e. The third-order valence-electron chi connectivity index (χ3n) is 3.54. The van der Waals surface area contributed by atoms with Crippen LogP contribution in [-0.2, 0) is 0 Å². The molecule has 2 aromatic rings. The molecule has 2 N–H and O–H groups in total. The zero-order valence-electron chi connectivity index (χ0n) is 11.1. The first-order valence-corrected chi connectivity index (χ1v) is 7.63. The molecular weight excluding hydrogens is 316 g/mol. The molecular formula is C15H17BrN4. The topological polar surface area (TPSA) is 49.8 Å². The molecule has 5 heteroatoms. The summed E-state index contributed by atoms with van der Waals surface area (Å²) >= 11 is 3.44. The van der Waals surface area contributed by atoms with Crippen LogP contribution >= 0.6 is 15.9 Å². The average Bonchev–Trinajstić information content (AvgIpc) is 3.00. The molecule has 1 atom stereocenters. The maximum absolute atomic E-state index is 4.38. The van der Waals surface area contributed by atoms with Crippen LogP contribution in [0.5, 0.6) is 0 Å². The van der Waals surface area contributed by atoms with Crippen LogP contribution in [0.2, 0.25) is 0 Å². The van der Waals surface area contributed by atoms with Gasteiger partial charge in [-0.25, -0.2) is 9.97 Å². The molecule has 0 bridgehead atoms. The van der Waals surface area contributed by atoms with Crippen molar-refractivity contribution >= 4 is 21.9 Å². The fourth-order valence-electron chi connectivity index (χ4n) is 2.34. The molecule has 1 saturated heterocycles. The molecule has 1 aromatic heterocycles. The van der Waals surface area contributed by atoms with Gasteiger partial charge in [-0.3, -0.25) is 0 Å². The molecule has 1 aromatic carbocycles. The lowest BCUT2D eigenvalue weighted by atomic mass is 10.1. The highest BCUT2D eigenvalue weighted by Crippen LogP contribution is 2.20. The smallest absolute Gasteiger partial charge is 0.222 e. The average molecular weight is 333 g/mol. The van der Waals surface area contributed by atoms with E-state index >= 15 is 0 Å². The number of anilines is 1. The van der Waals surface area contributed by atoms with E-state index in [2.05, 4.69) is 48.7 Å². The van der Waals surface area contributed by atoms with Gasteiger partial charge >= 0.3 is 0 Å². The summed E-state index contributed by atoms with van der Waals surface area (Å²) in [6.45, 7) is 3.14. The number of hydrogen-bond donors (Lipinski definition) is 2. The van der Waals surface area contributed by atoms with Crippen LogP contribution in [0.3, 0.4) is 0 Å². The normalized spacial score (nSPS) is 18.1. The van der Waals surface area contributed by atoms with Gasteiger partial charge in [-0.05, 0) is 43.1 Å². The summed E-state index contributed by atoms with van der Waals surface area (Å²) in [7, 11) is 0. The Hall–Kier alpha value is -1.46. The predicted octanol–water partition coefficient (Wildman–Crippen LogP) is 2.93. The van der Waals surface area contributed by atoms with Crippen LogP contribution in [0.1, 0.15) is 6.42 Å². The summed E-state index contributed by atoms with van der Waals surface area (Å²) in [4.78, 5) is 8.77. The van der Waals surface area contributed by atoms with E-state index in [4.69, 9.17) is 0 Å². The van der Waals surface area contributed by atoms with Crippen molar-refractivity contribution in [1.82, 2.24) is 15.3 Å². The number of halogens is 1. The zero-order chi connectivity index (χ0) is 13.8. The van der Waals surface area contributed by atoms with Gasteiger partial charge in [0, 0.05) is 29.0 Å². The van der Waals surface area contributed by atoms with Crippen LogP contribution < -0.4 is 10.6 Å².